The molecule has 0 bridgehead atoms. The van der Waals surface area contributed by atoms with Crippen LogP contribution in [0.1, 0.15) is 18.5 Å². The molecular weight excluding hydrogens is 370 g/mol. The van der Waals surface area contributed by atoms with Gasteiger partial charge < -0.3 is 25.1 Å². The number of imidazole rings is 1. The second-order valence-electron chi connectivity index (χ2n) is 6.26. The van der Waals surface area contributed by atoms with E-state index in [-0.39, 0.29) is 11.6 Å². The Hall–Kier alpha value is -3.99. The molecule has 1 unspecified atom stereocenters. The molecule has 0 saturated heterocycles. The van der Waals surface area contributed by atoms with E-state index in [0.717, 1.165) is 22.3 Å². The van der Waals surface area contributed by atoms with Gasteiger partial charge in [-0.15, -0.1) is 0 Å². The normalized spacial score (nSPS) is 12.1. The molecule has 29 heavy (non-hydrogen) atoms. The minimum Gasteiger partial charge on any atom is -0.493 e. The van der Waals surface area contributed by atoms with E-state index in [2.05, 4.69) is 20.6 Å². The Morgan fingerprint density at radius 1 is 1.21 bits per heavy atom. The number of hydrogen-bond acceptors (Lipinski definition) is 6. The number of aromatic amines is 1. The van der Waals surface area contributed by atoms with Crippen molar-refractivity contribution in [2.45, 2.75) is 13.0 Å². The van der Waals surface area contributed by atoms with Crippen molar-refractivity contribution in [3.05, 3.63) is 60.1 Å². The first-order chi connectivity index (χ1) is 14.0. The SMILES string of the molecule is COc1ccc(C(C)NC(=O)/C(C#N)=C\Nc2ccc3nc[nH]c3c2)cc1OC. The molecule has 3 rings (SSSR count). The van der Waals surface area contributed by atoms with Crippen molar-refractivity contribution in [2.75, 3.05) is 19.5 Å². The molecule has 1 atom stereocenters. The maximum Gasteiger partial charge on any atom is 0.263 e. The van der Waals surface area contributed by atoms with Crippen LogP contribution in [-0.2, 0) is 4.79 Å². The van der Waals surface area contributed by atoms with E-state index in [9.17, 15) is 10.1 Å². The van der Waals surface area contributed by atoms with Gasteiger partial charge in [0, 0.05) is 11.9 Å². The van der Waals surface area contributed by atoms with Gasteiger partial charge in [0.2, 0.25) is 0 Å². The van der Waals surface area contributed by atoms with Crippen molar-refractivity contribution in [3.8, 4) is 17.6 Å². The fourth-order valence-corrected chi connectivity index (χ4v) is 2.81. The molecular formula is C21H21N5O3. The molecule has 1 aromatic heterocycles. The monoisotopic (exact) mass is 391 g/mol. The zero-order valence-corrected chi connectivity index (χ0v) is 16.3. The number of anilines is 1. The maximum absolute atomic E-state index is 12.5. The smallest absolute Gasteiger partial charge is 0.263 e. The van der Waals surface area contributed by atoms with Crippen LogP contribution in [0.5, 0.6) is 11.5 Å². The van der Waals surface area contributed by atoms with Crippen molar-refractivity contribution in [2.24, 2.45) is 0 Å². The third-order valence-electron chi connectivity index (χ3n) is 4.42. The molecule has 8 heteroatoms. The highest BCUT2D eigenvalue weighted by Gasteiger charge is 2.15. The molecule has 1 amide bonds. The van der Waals surface area contributed by atoms with Gasteiger partial charge in [0.1, 0.15) is 11.6 Å². The Balaban J connectivity index is 1.70. The zero-order valence-electron chi connectivity index (χ0n) is 16.3. The van der Waals surface area contributed by atoms with Crippen LogP contribution in [0.25, 0.3) is 11.0 Å². The van der Waals surface area contributed by atoms with Crippen LogP contribution in [0, 0.1) is 11.3 Å². The van der Waals surface area contributed by atoms with Gasteiger partial charge in [-0.25, -0.2) is 4.98 Å². The lowest BCUT2D eigenvalue weighted by Crippen LogP contribution is -2.28. The summed E-state index contributed by atoms with van der Waals surface area (Å²) in [6, 6.07) is 12.5. The van der Waals surface area contributed by atoms with Gasteiger partial charge in [0.15, 0.2) is 11.5 Å². The van der Waals surface area contributed by atoms with Crippen molar-refractivity contribution >= 4 is 22.6 Å². The highest BCUT2D eigenvalue weighted by Crippen LogP contribution is 2.30. The lowest BCUT2D eigenvalue weighted by molar-refractivity contribution is -0.117. The van der Waals surface area contributed by atoms with Crippen molar-refractivity contribution in [3.63, 3.8) is 0 Å². The number of hydrogen-bond donors (Lipinski definition) is 3. The number of nitriles is 1. The number of amides is 1. The molecule has 148 valence electrons. The molecule has 1 heterocycles. The van der Waals surface area contributed by atoms with Crippen LogP contribution in [-0.4, -0.2) is 30.1 Å². The average Bonchev–Trinajstić information content (AvgIpc) is 3.21. The van der Waals surface area contributed by atoms with Gasteiger partial charge >= 0.3 is 0 Å². The van der Waals surface area contributed by atoms with Crippen LogP contribution in [0.4, 0.5) is 5.69 Å². The minimum atomic E-state index is -0.482. The van der Waals surface area contributed by atoms with Crippen LogP contribution in [0.15, 0.2) is 54.5 Å². The molecule has 3 aromatic rings. The molecule has 2 aromatic carbocycles. The number of aromatic nitrogens is 2. The number of benzene rings is 2. The second-order valence-corrected chi connectivity index (χ2v) is 6.26. The molecule has 0 aliphatic carbocycles. The molecule has 0 aliphatic rings. The fourth-order valence-electron chi connectivity index (χ4n) is 2.81. The van der Waals surface area contributed by atoms with Gasteiger partial charge in [-0.1, -0.05) is 6.07 Å². The molecule has 8 nitrogen and oxygen atoms in total. The molecule has 3 N–H and O–H groups in total. The summed E-state index contributed by atoms with van der Waals surface area (Å²) in [7, 11) is 3.11. The third-order valence-corrected chi connectivity index (χ3v) is 4.42. The summed E-state index contributed by atoms with van der Waals surface area (Å²) in [5.41, 5.74) is 3.21. The minimum absolute atomic E-state index is 0.0398. The Kier molecular flexibility index (Phi) is 6.00. The number of carbonyl (C=O) groups is 1. The third kappa shape index (κ3) is 4.47. The summed E-state index contributed by atoms with van der Waals surface area (Å²) in [4.78, 5) is 19.7. The van der Waals surface area contributed by atoms with Crippen LogP contribution in [0.2, 0.25) is 0 Å². The zero-order chi connectivity index (χ0) is 20.8. The number of H-pyrrole nitrogens is 1. The lowest BCUT2D eigenvalue weighted by atomic mass is 10.1. The second kappa shape index (κ2) is 8.80. The van der Waals surface area contributed by atoms with E-state index in [0.29, 0.717) is 11.5 Å². The predicted molar refractivity (Wildman–Crippen MR) is 110 cm³/mol. The van der Waals surface area contributed by atoms with Gasteiger partial charge in [0.25, 0.3) is 5.91 Å². The Morgan fingerprint density at radius 3 is 2.72 bits per heavy atom. The molecule has 0 spiro atoms. The standard InChI is InChI=1S/C21H21N5O3/c1-13(14-4-7-19(28-2)20(8-14)29-3)26-21(27)15(10-22)11-23-16-5-6-17-18(9-16)25-12-24-17/h4-9,11-13,23H,1-3H3,(H,24,25)(H,26,27)/b15-11-. The van der Waals surface area contributed by atoms with E-state index in [1.807, 2.05) is 37.3 Å². The molecule has 0 fully saturated rings. The van der Waals surface area contributed by atoms with Gasteiger partial charge in [-0.2, -0.15) is 5.26 Å². The quantitative estimate of drug-likeness (QED) is 0.421. The Labute approximate surface area is 168 Å². The number of nitrogens with one attached hydrogen (secondary N) is 3. The summed E-state index contributed by atoms with van der Waals surface area (Å²) in [5, 5.41) is 15.2. The summed E-state index contributed by atoms with van der Waals surface area (Å²) >= 11 is 0. The maximum atomic E-state index is 12.5. The topological polar surface area (TPSA) is 112 Å². The van der Waals surface area contributed by atoms with E-state index in [1.165, 1.54) is 6.20 Å². The Bertz CT molecular complexity index is 1100. The number of fused-ring (bicyclic) bond motifs is 1. The highest BCUT2D eigenvalue weighted by molar-refractivity contribution is 5.97. The van der Waals surface area contributed by atoms with Crippen molar-refractivity contribution < 1.29 is 14.3 Å². The average molecular weight is 391 g/mol. The first-order valence-corrected chi connectivity index (χ1v) is 8.88. The number of rotatable bonds is 7. The number of carbonyl (C=O) groups excluding carboxylic acids is 1. The number of nitrogens with zero attached hydrogens (tertiary/aromatic N) is 2. The number of methoxy groups -OCH3 is 2. The predicted octanol–water partition coefficient (Wildman–Crippen LogP) is 3.28. The van der Waals surface area contributed by atoms with E-state index < -0.39 is 5.91 Å². The largest absolute Gasteiger partial charge is 0.493 e. The molecule has 0 saturated carbocycles. The summed E-state index contributed by atoms with van der Waals surface area (Å²) in [6.07, 6.45) is 2.99. The fraction of sp³-hybridized carbons (Fsp3) is 0.190. The lowest BCUT2D eigenvalue weighted by Gasteiger charge is -2.16. The Morgan fingerprint density at radius 2 is 2.00 bits per heavy atom. The summed E-state index contributed by atoms with van der Waals surface area (Å²) in [5.74, 6) is 0.689. The van der Waals surface area contributed by atoms with Crippen LogP contribution >= 0.6 is 0 Å². The van der Waals surface area contributed by atoms with Gasteiger partial charge in [0.05, 0.1) is 37.6 Å². The van der Waals surface area contributed by atoms with Crippen LogP contribution < -0.4 is 20.1 Å². The molecule has 0 aliphatic heterocycles. The highest BCUT2D eigenvalue weighted by atomic mass is 16.5. The van der Waals surface area contributed by atoms with E-state index in [1.54, 1.807) is 32.7 Å². The van der Waals surface area contributed by atoms with E-state index >= 15 is 0 Å². The van der Waals surface area contributed by atoms with E-state index in [4.69, 9.17) is 9.47 Å². The summed E-state index contributed by atoms with van der Waals surface area (Å²) in [6.45, 7) is 1.83. The van der Waals surface area contributed by atoms with Crippen molar-refractivity contribution in [1.29, 1.82) is 5.26 Å². The van der Waals surface area contributed by atoms with Gasteiger partial charge in [-0.3, -0.25) is 4.79 Å². The summed E-state index contributed by atoms with van der Waals surface area (Å²) < 4.78 is 10.5. The molecule has 0 radical (unpaired) electrons. The van der Waals surface area contributed by atoms with Gasteiger partial charge in [-0.05, 0) is 42.8 Å². The number of ether oxygens (including phenoxy) is 2. The van der Waals surface area contributed by atoms with Crippen LogP contribution in [0.3, 0.4) is 0 Å². The first-order valence-electron chi connectivity index (χ1n) is 8.88. The van der Waals surface area contributed by atoms with Crippen molar-refractivity contribution in [1.82, 2.24) is 15.3 Å². The first kappa shape index (κ1) is 19.8.